The summed E-state index contributed by atoms with van der Waals surface area (Å²) in [6, 6.07) is 12.7. The summed E-state index contributed by atoms with van der Waals surface area (Å²) in [6.45, 7) is 13.4. The van der Waals surface area contributed by atoms with Gasteiger partial charge in [-0.05, 0) is 103 Å². The van der Waals surface area contributed by atoms with Crippen LogP contribution >= 0.6 is 0 Å². The number of esters is 1. The Morgan fingerprint density at radius 1 is 1.04 bits per heavy atom. The Hall–Kier alpha value is -4.16. The number of hydrogen-bond donors (Lipinski definition) is 0. The highest BCUT2D eigenvalue weighted by Crippen LogP contribution is 2.41. The molecule has 3 aliphatic heterocycles. The third-order valence-corrected chi connectivity index (χ3v) is 9.63. The predicted octanol–water partition coefficient (Wildman–Crippen LogP) is 8.75. The largest absolute Gasteiger partial charge is 0.490 e. The van der Waals surface area contributed by atoms with Gasteiger partial charge in [-0.1, -0.05) is 18.2 Å². The topological polar surface area (TPSA) is 87.4 Å². The second-order valence-electron chi connectivity index (χ2n) is 14.9. The zero-order chi connectivity index (χ0) is 36.7. The smallest absolute Gasteiger partial charge is 0.416 e. The van der Waals surface area contributed by atoms with Gasteiger partial charge in [0.1, 0.15) is 11.6 Å². The lowest BCUT2D eigenvalue weighted by Gasteiger charge is -2.41. The molecular formula is C39H47F3N4O5. The number of carbonyl (C=O) groups is 1. The summed E-state index contributed by atoms with van der Waals surface area (Å²) in [5.74, 6) is 0.511. The lowest BCUT2D eigenvalue weighted by atomic mass is 9.92. The monoisotopic (exact) mass is 708 g/mol. The van der Waals surface area contributed by atoms with E-state index in [4.69, 9.17) is 29.0 Å². The lowest BCUT2D eigenvalue weighted by molar-refractivity contribution is -0.164. The molecule has 3 aliphatic rings. The molecule has 0 amide bonds. The molecule has 5 heterocycles. The zero-order valence-electron chi connectivity index (χ0n) is 30.4. The van der Waals surface area contributed by atoms with Crippen molar-refractivity contribution in [2.24, 2.45) is 0 Å². The molecule has 9 nitrogen and oxygen atoms in total. The summed E-state index contributed by atoms with van der Waals surface area (Å²) >= 11 is 0. The van der Waals surface area contributed by atoms with Crippen molar-refractivity contribution in [3.05, 3.63) is 65.4 Å². The van der Waals surface area contributed by atoms with Crippen molar-refractivity contribution < 1.29 is 36.9 Å². The molecule has 2 unspecified atom stereocenters. The molecule has 0 spiro atoms. The number of aryl methyl sites for hydroxylation is 1. The van der Waals surface area contributed by atoms with Crippen molar-refractivity contribution in [1.82, 2.24) is 14.6 Å². The highest BCUT2D eigenvalue weighted by atomic mass is 19.4. The number of rotatable bonds is 3. The number of ether oxygens (including phenoxy) is 4. The average molecular weight is 709 g/mol. The van der Waals surface area contributed by atoms with Crippen molar-refractivity contribution in [1.29, 1.82) is 0 Å². The van der Waals surface area contributed by atoms with Gasteiger partial charge in [-0.15, -0.1) is 0 Å². The van der Waals surface area contributed by atoms with E-state index >= 15 is 0 Å². The molecule has 2 aromatic heterocycles. The Morgan fingerprint density at radius 3 is 2.45 bits per heavy atom. The Labute approximate surface area is 297 Å². The number of anilines is 1. The van der Waals surface area contributed by atoms with Gasteiger partial charge < -0.3 is 23.8 Å². The van der Waals surface area contributed by atoms with E-state index in [-0.39, 0.29) is 11.7 Å². The van der Waals surface area contributed by atoms with Crippen molar-refractivity contribution in [2.45, 2.75) is 103 Å². The average Bonchev–Trinajstić information content (AvgIpc) is 3.49. The van der Waals surface area contributed by atoms with E-state index in [1.165, 1.54) is 13.2 Å². The summed E-state index contributed by atoms with van der Waals surface area (Å²) < 4.78 is 68.0. The first-order chi connectivity index (χ1) is 24.0. The van der Waals surface area contributed by atoms with Crippen LogP contribution in [-0.2, 0) is 25.2 Å². The van der Waals surface area contributed by atoms with Crippen LogP contribution < -0.4 is 9.64 Å². The first-order valence-electron chi connectivity index (χ1n) is 17.6. The number of carbonyl (C=O) groups excluding carboxylic acids is 1. The summed E-state index contributed by atoms with van der Waals surface area (Å²) in [7, 11) is 1.34. The van der Waals surface area contributed by atoms with Crippen LogP contribution in [0.15, 0.2) is 48.5 Å². The molecule has 7 rings (SSSR count). The van der Waals surface area contributed by atoms with E-state index in [1.54, 1.807) is 16.6 Å². The Morgan fingerprint density at radius 2 is 1.76 bits per heavy atom. The summed E-state index contributed by atoms with van der Waals surface area (Å²) in [5, 5.41) is 5.04. The Bertz CT molecular complexity index is 1890. The van der Waals surface area contributed by atoms with Gasteiger partial charge in [-0.2, -0.15) is 22.8 Å². The highest BCUT2D eigenvalue weighted by molar-refractivity contribution is 5.81. The third-order valence-electron chi connectivity index (χ3n) is 9.63. The van der Waals surface area contributed by atoms with Gasteiger partial charge in [0.15, 0.2) is 11.8 Å². The number of alkyl halides is 3. The molecule has 0 N–H and O–H groups in total. The standard InChI is InChI=1S/C39H47F3N4O5/c1-24-11-8-9-20-49-38(6)16-18-45(19-17-38)35-33(34(36(47)48-7)51-37(3,4)5)25(2)43-32-23-30(44-46(32)35)27-13-10-12-26(21-27)29-22-28(39(40,41)42)14-15-31(29)50-24/h10,12-15,21-24,34H,8-9,11,16-20H2,1-7H3. The molecule has 1 saturated heterocycles. The van der Waals surface area contributed by atoms with Crippen LogP contribution in [0.3, 0.4) is 0 Å². The summed E-state index contributed by atoms with van der Waals surface area (Å²) in [6.07, 6.45) is -1.91. The number of halogens is 3. The third kappa shape index (κ3) is 8.02. The molecule has 0 radical (unpaired) electrons. The van der Waals surface area contributed by atoms with Crippen molar-refractivity contribution in [3.63, 3.8) is 0 Å². The fourth-order valence-corrected chi connectivity index (χ4v) is 6.90. The second-order valence-corrected chi connectivity index (χ2v) is 14.9. The molecule has 51 heavy (non-hydrogen) atoms. The Balaban J connectivity index is 1.55. The number of nitrogens with zero attached hydrogens (tertiary/aromatic N) is 4. The SMILES string of the molecule is COC(=O)C(OC(C)(C)C)c1c(C)nc2cc3nn2c1N1CCC(C)(CC1)OCCCCC(C)Oc1ccc(C(F)(F)F)cc1-c1cccc-3c1. The van der Waals surface area contributed by atoms with Gasteiger partial charge in [-0.25, -0.2) is 9.78 Å². The van der Waals surface area contributed by atoms with Gasteiger partial charge in [0, 0.05) is 42.6 Å². The fraction of sp³-hybridized carbons (Fsp3) is 0.513. The van der Waals surface area contributed by atoms with Crippen LogP contribution in [0.2, 0.25) is 0 Å². The normalized spacial score (nSPS) is 20.9. The van der Waals surface area contributed by atoms with Crippen LogP contribution in [0.1, 0.15) is 89.6 Å². The number of fused-ring (bicyclic) bond motifs is 8. The minimum atomic E-state index is -4.52. The van der Waals surface area contributed by atoms with Crippen molar-refractivity contribution >= 4 is 17.4 Å². The number of benzene rings is 2. The molecule has 0 saturated carbocycles. The van der Waals surface area contributed by atoms with Gasteiger partial charge in [-0.3, -0.25) is 0 Å². The van der Waals surface area contributed by atoms with E-state index in [2.05, 4.69) is 11.8 Å². The predicted molar refractivity (Wildman–Crippen MR) is 189 cm³/mol. The second kappa shape index (κ2) is 14.1. The van der Waals surface area contributed by atoms with Gasteiger partial charge in [0.2, 0.25) is 0 Å². The van der Waals surface area contributed by atoms with Crippen LogP contribution in [0, 0.1) is 6.92 Å². The molecule has 1 fully saturated rings. The quantitative estimate of drug-likeness (QED) is 0.195. The van der Waals surface area contributed by atoms with Gasteiger partial charge in [0.25, 0.3) is 0 Å². The van der Waals surface area contributed by atoms with Crippen LogP contribution in [0.5, 0.6) is 5.75 Å². The van der Waals surface area contributed by atoms with E-state index in [1.807, 2.05) is 52.8 Å². The molecule has 12 heteroatoms. The number of piperidine rings is 1. The number of methoxy groups -OCH3 is 1. The van der Waals surface area contributed by atoms with E-state index in [9.17, 15) is 18.0 Å². The lowest BCUT2D eigenvalue weighted by Crippen LogP contribution is -2.46. The maximum absolute atomic E-state index is 13.9. The molecule has 6 bridgehead atoms. The van der Waals surface area contributed by atoms with Gasteiger partial charge >= 0.3 is 12.1 Å². The highest BCUT2D eigenvalue weighted by Gasteiger charge is 2.38. The van der Waals surface area contributed by atoms with E-state index in [0.717, 1.165) is 44.2 Å². The maximum atomic E-state index is 13.9. The molecule has 4 aromatic rings. The Kier molecular flexibility index (Phi) is 10.1. The van der Waals surface area contributed by atoms with Gasteiger partial charge in [0.05, 0.1) is 41.2 Å². The first kappa shape index (κ1) is 36.6. The molecule has 2 atom stereocenters. The van der Waals surface area contributed by atoms with Crippen molar-refractivity contribution in [2.75, 3.05) is 31.7 Å². The maximum Gasteiger partial charge on any atom is 0.416 e. The van der Waals surface area contributed by atoms with Crippen LogP contribution in [0.4, 0.5) is 19.0 Å². The number of aromatic nitrogens is 3. The van der Waals surface area contributed by atoms with Crippen LogP contribution in [-0.4, -0.2) is 64.7 Å². The van der Waals surface area contributed by atoms with Crippen molar-refractivity contribution in [3.8, 4) is 28.1 Å². The number of hydrogen-bond acceptors (Lipinski definition) is 8. The molecule has 2 aromatic carbocycles. The minimum Gasteiger partial charge on any atom is -0.490 e. The molecule has 274 valence electrons. The first-order valence-corrected chi connectivity index (χ1v) is 17.6. The molecule has 0 aliphatic carbocycles. The summed E-state index contributed by atoms with van der Waals surface area (Å²) in [5.41, 5.74) is 2.09. The van der Waals surface area contributed by atoms with E-state index in [0.29, 0.717) is 70.6 Å². The molecular weight excluding hydrogens is 661 g/mol. The van der Waals surface area contributed by atoms with E-state index < -0.39 is 29.4 Å². The van der Waals surface area contributed by atoms with Crippen LogP contribution in [0.25, 0.3) is 28.0 Å². The minimum absolute atomic E-state index is 0.218. The summed E-state index contributed by atoms with van der Waals surface area (Å²) in [4.78, 5) is 20.5. The zero-order valence-corrected chi connectivity index (χ0v) is 30.4. The fourth-order valence-electron chi connectivity index (χ4n) is 6.90.